The van der Waals surface area contributed by atoms with E-state index < -0.39 is 0 Å². The van der Waals surface area contributed by atoms with Gasteiger partial charge in [0.2, 0.25) is 0 Å². The van der Waals surface area contributed by atoms with E-state index in [4.69, 9.17) is 9.72 Å². The lowest BCUT2D eigenvalue weighted by Gasteiger charge is -2.39. The van der Waals surface area contributed by atoms with Crippen molar-refractivity contribution in [3.63, 3.8) is 0 Å². The molecule has 2 fully saturated rings. The summed E-state index contributed by atoms with van der Waals surface area (Å²) in [6, 6.07) is 30.7. The molecule has 0 amide bonds. The van der Waals surface area contributed by atoms with Gasteiger partial charge in [-0.1, -0.05) is 60.7 Å². The molecule has 0 saturated carbocycles. The number of nitrogens with zero attached hydrogens (tertiary/aromatic N) is 3. The molecule has 38 heavy (non-hydrogen) atoms. The first-order valence-corrected chi connectivity index (χ1v) is 14.2. The molecule has 2 N–H and O–H groups in total. The number of para-hydroxylation sites is 3. The van der Waals surface area contributed by atoms with Gasteiger partial charge in [-0.25, -0.2) is 4.98 Å². The van der Waals surface area contributed by atoms with Crippen LogP contribution in [0.1, 0.15) is 43.1 Å². The summed E-state index contributed by atoms with van der Waals surface area (Å²) in [5.41, 5.74) is 3.68. The van der Waals surface area contributed by atoms with E-state index in [-0.39, 0.29) is 6.04 Å². The molecule has 0 aliphatic carbocycles. The minimum Gasteiger partial charge on any atom is -0.492 e. The van der Waals surface area contributed by atoms with E-state index >= 15 is 0 Å². The molecule has 0 bridgehead atoms. The Morgan fingerprint density at radius 1 is 0.947 bits per heavy atom. The molecule has 198 valence electrons. The van der Waals surface area contributed by atoms with Crippen molar-refractivity contribution in [2.45, 2.75) is 50.4 Å². The summed E-state index contributed by atoms with van der Waals surface area (Å²) in [5.74, 6) is 2.57. The highest BCUT2D eigenvalue weighted by molar-refractivity contribution is 5.76. The van der Waals surface area contributed by atoms with Gasteiger partial charge in [0.05, 0.1) is 23.6 Å². The van der Waals surface area contributed by atoms with Gasteiger partial charge in [-0.05, 0) is 62.7 Å². The Balaban J connectivity index is 1.30. The molecule has 6 nitrogen and oxygen atoms in total. The zero-order valence-corrected chi connectivity index (χ0v) is 22.3. The number of benzene rings is 3. The molecule has 4 aromatic rings. The average Bonchev–Trinajstić information content (AvgIpc) is 3.52. The van der Waals surface area contributed by atoms with E-state index in [1.54, 1.807) is 0 Å². The van der Waals surface area contributed by atoms with Gasteiger partial charge in [0.25, 0.3) is 0 Å². The number of rotatable bonds is 8. The third kappa shape index (κ3) is 5.21. The molecule has 0 spiro atoms. The molecule has 2 aliphatic heterocycles. The van der Waals surface area contributed by atoms with Crippen molar-refractivity contribution in [2.75, 3.05) is 32.8 Å². The summed E-state index contributed by atoms with van der Waals surface area (Å²) in [6.45, 7) is 7.85. The Morgan fingerprint density at radius 2 is 1.71 bits per heavy atom. The predicted molar refractivity (Wildman–Crippen MR) is 154 cm³/mol. The summed E-state index contributed by atoms with van der Waals surface area (Å²) in [5, 5.41) is 7.60. The lowest BCUT2D eigenvalue weighted by Crippen LogP contribution is -2.50. The summed E-state index contributed by atoms with van der Waals surface area (Å²) in [4.78, 5) is 7.96. The third-order valence-corrected chi connectivity index (χ3v) is 8.36. The van der Waals surface area contributed by atoms with Crippen molar-refractivity contribution in [1.82, 2.24) is 25.1 Å². The van der Waals surface area contributed by atoms with E-state index in [1.165, 1.54) is 17.5 Å². The normalized spacial score (nSPS) is 23.3. The maximum Gasteiger partial charge on any atom is 0.128 e. The monoisotopic (exact) mass is 509 g/mol. The minimum atomic E-state index is 0.190. The smallest absolute Gasteiger partial charge is 0.128 e. The van der Waals surface area contributed by atoms with Crippen molar-refractivity contribution in [2.24, 2.45) is 0 Å². The maximum atomic E-state index is 6.13. The molecule has 4 unspecified atom stereocenters. The van der Waals surface area contributed by atoms with Crippen LogP contribution in [0.5, 0.6) is 5.75 Å². The second-order valence-corrected chi connectivity index (χ2v) is 10.6. The molecule has 6 heteroatoms. The van der Waals surface area contributed by atoms with Crippen LogP contribution in [0.4, 0.5) is 0 Å². The van der Waals surface area contributed by atoms with Crippen molar-refractivity contribution >= 4 is 11.0 Å². The fourth-order valence-electron chi connectivity index (χ4n) is 6.50. The van der Waals surface area contributed by atoms with Gasteiger partial charge in [-0.15, -0.1) is 0 Å². The number of aromatic nitrogens is 2. The zero-order chi connectivity index (χ0) is 25.7. The Hall–Kier alpha value is -3.19. The zero-order valence-electron chi connectivity index (χ0n) is 22.3. The molecule has 3 heterocycles. The van der Waals surface area contributed by atoms with Gasteiger partial charge in [-0.2, -0.15) is 0 Å². The number of hydrogen-bond acceptors (Lipinski definition) is 5. The van der Waals surface area contributed by atoms with Crippen LogP contribution in [0.15, 0.2) is 84.9 Å². The Kier molecular flexibility index (Phi) is 7.72. The highest BCUT2D eigenvalue weighted by Crippen LogP contribution is 2.35. The SMILES string of the molecule is CC(C1NCCC1c1ccccc1)N1CCCNCC1c1nc2ccccc2n1CCOc1ccccc1. The second kappa shape index (κ2) is 11.7. The molecular formula is C32H39N5O. The average molecular weight is 510 g/mol. The number of ether oxygens (including phenoxy) is 1. The van der Waals surface area contributed by atoms with Crippen LogP contribution in [0.25, 0.3) is 11.0 Å². The van der Waals surface area contributed by atoms with Crippen molar-refractivity contribution in [1.29, 1.82) is 0 Å². The fourth-order valence-corrected chi connectivity index (χ4v) is 6.50. The number of fused-ring (bicyclic) bond motifs is 1. The van der Waals surface area contributed by atoms with Gasteiger partial charge >= 0.3 is 0 Å². The fraction of sp³-hybridized carbons (Fsp3) is 0.406. The van der Waals surface area contributed by atoms with E-state index in [1.807, 2.05) is 30.3 Å². The Morgan fingerprint density at radius 3 is 2.55 bits per heavy atom. The van der Waals surface area contributed by atoms with E-state index in [2.05, 4.69) is 81.6 Å². The van der Waals surface area contributed by atoms with Crippen LogP contribution in [0.3, 0.4) is 0 Å². The number of imidazole rings is 1. The summed E-state index contributed by atoms with van der Waals surface area (Å²) < 4.78 is 8.52. The van der Waals surface area contributed by atoms with Gasteiger partial charge < -0.3 is 19.9 Å². The quantitative estimate of drug-likeness (QED) is 0.351. The topological polar surface area (TPSA) is 54.3 Å². The number of nitrogens with one attached hydrogen (secondary N) is 2. The largest absolute Gasteiger partial charge is 0.492 e. The van der Waals surface area contributed by atoms with Gasteiger partial charge in [-0.3, -0.25) is 4.90 Å². The minimum absolute atomic E-state index is 0.190. The van der Waals surface area contributed by atoms with Gasteiger partial charge in [0.15, 0.2) is 0 Å². The van der Waals surface area contributed by atoms with Crippen molar-refractivity contribution < 1.29 is 4.74 Å². The lowest BCUT2D eigenvalue weighted by molar-refractivity contribution is 0.116. The summed E-state index contributed by atoms with van der Waals surface area (Å²) in [7, 11) is 0. The molecule has 6 rings (SSSR count). The first-order valence-electron chi connectivity index (χ1n) is 14.2. The Labute approximate surface area is 226 Å². The molecule has 1 aromatic heterocycles. The highest BCUT2D eigenvalue weighted by atomic mass is 16.5. The lowest BCUT2D eigenvalue weighted by atomic mass is 9.87. The first-order chi connectivity index (χ1) is 18.8. The van der Waals surface area contributed by atoms with E-state index in [9.17, 15) is 0 Å². The first kappa shape index (κ1) is 25.1. The maximum absolute atomic E-state index is 6.13. The van der Waals surface area contributed by atoms with Crippen molar-refractivity contribution in [3.8, 4) is 5.75 Å². The third-order valence-electron chi connectivity index (χ3n) is 8.36. The summed E-state index contributed by atoms with van der Waals surface area (Å²) >= 11 is 0. The molecule has 2 aliphatic rings. The molecule has 4 atom stereocenters. The molecule has 0 radical (unpaired) electrons. The Bertz CT molecular complexity index is 1310. The number of hydrogen-bond donors (Lipinski definition) is 2. The van der Waals surface area contributed by atoms with Crippen LogP contribution in [0, 0.1) is 0 Å². The standard InChI is InChI=1S/C32H39N5O/c1-24(31-27(17-19-34-31)25-11-4-2-5-12-25)36-20-10-18-33-23-30(36)32-35-28-15-8-9-16-29(28)37(32)21-22-38-26-13-6-3-7-14-26/h2-9,11-16,24,27,30-31,33-34H,10,17-23H2,1H3. The van der Waals surface area contributed by atoms with Gasteiger partial charge in [0.1, 0.15) is 18.2 Å². The van der Waals surface area contributed by atoms with Crippen LogP contribution in [-0.4, -0.2) is 59.3 Å². The van der Waals surface area contributed by atoms with Crippen LogP contribution in [-0.2, 0) is 6.54 Å². The second-order valence-electron chi connectivity index (χ2n) is 10.6. The highest BCUT2D eigenvalue weighted by Gasteiger charge is 2.39. The van der Waals surface area contributed by atoms with E-state index in [0.29, 0.717) is 24.6 Å². The van der Waals surface area contributed by atoms with E-state index in [0.717, 1.165) is 56.2 Å². The summed E-state index contributed by atoms with van der Waals surface area (Å²) in [6.07, 6.45) is 2.33. The van der Waals surface area contributed by atoms with Crippen LogP contribution < -0.4 is 15.4 Å². The molecular weight excluding hydrogens is 470 g/mol. The molecule has 2 saturated heterocycles. The van der Waals surface area contributed by atoms with Crippen LogP contribution in [0.2, 0.25) is 0 Å². The van der Waals surface area contributed by atoms with Gasteiger partial charge in [0, 0.05) is 31.1 Å². The molecule has 3 aromatic carbocycles. The van der Waals surface area contributed by atoms with Crippen LogP contribution >= 0.6 is 0 Å². The van der Waals surface area contributed by atoms with Crippen molar-refractivity contribution in [3.05, 3.63) is 96.3 Å². The predicted octanol–water partition coefficient (Wildman–Crippen LogP) is 4.99.